The number of hydrogen-bond acceptors (Lipinski definition) is 3. The van der Waals surface area contributed by atoms with Crippen LogP contribution in [0.15, 0.2) is 24.3 Å². The summed E-state index contributed by atoms with van der Waals surface area (Å²) in [5, 5.41) is 0. The van der Waals surface area contributed by atoms with Gasteiger partial charge in [-0.05, 0) is 30.5 Å². The van der Waals surface area contributed by atoms with Crippen molar-refractivity contribution < 1.29 is 14.3 Å². The third kappa shape index (κ3) is 3.89. The number of ether oxygens (including phenoxy) is 1. The highest BCUT2D eigenvalue weighted by Gasteiger charge is 2.30. The summed E-state index contributed by atoms with van der Waals surface area (Å²) in [4.78, 5) is 28.8. The molecule has 5 heteroatoms. The van der Waals surface area contributed by atoms with E-state index in [1.165, 1.54) is 12.8 Å². The van der Waals surface area contributed by atoms with Crippen molar-refractivity contribution in [1.29, 1.82) is 0 Å². The first-order valence-electron chi connectivity index (χ1n) is 8.87. The molecule has 1 aliphatic heterocycles. The Balaban J connectivity index is 1.50. The Morgan fingerprint density at radius 2 is 1.75 bits per heavy atom. The Morgan fingerprint density at radius 1 is 1.08 bits per heavy atom. The number of benzene rings is 1. The van der Waals surface area contributed by atoms with Crippen molar-refractivity contribution in [3.63, 3.8) is 0 Å². The van der Waals surface area contributed by atoms with Crippen molar-refractivity contribution in [2.45, 2.75) is 32.1 Å². The molecule has 0 atom stereocenters. The van der Waals surface area contributed by atoms with Crippen LogP contribution in [0.4, 0.5) is 0 Å². The minimum atomic E-state index is 0.121. The lowest BCUT2D eigenvalue weighted by atomic mass is 10.1. The van der Waals surface area contributed by atoms with Gasteiger partial charge in [-0.2, -0.15) is 0 Å². The highest BCUT2D eigenvalue weighted by Crippen LogP contribution is 2.27. The van der Waals surface area contributed by atoms with Gasteiger partial charge in [0.1, 0.15) is 5.75 Å². The molecule has 2 aliphatic rings. The standard InChI is InChI=1S/C19H26N2O3/c1-24-17-8-4-5-15(13-17)14-18(22)20-9-11-21(12-10-20)19(23)16-6-2-3-7-16/h4-5,8,13,16H,2-3,6-7,9-12,14H2,1H3. The van der Waals surface area contributed by atoms with Gasteiger partial charge in [-0.15, -0.1) is 0 Å². The van der Waals surface area contributed by atoms with Gasteiger partial charge in [0, 0.05) is 32.1 Å². The summed E-state index contributed by atoms with van der Waals surface area (Å²) >= 11 is 0. The van der Waals surface area contributed by atoms with Crippen LogP contribution in [-0.2, 0) is 16.0 Å². The second kappa shape index (κ2) is 7.69. The fraction of sp³-hybridized carbons (Fsp3) is 0.579. The van der Waals surface area contributed by atoms with E-state index >= 15 is 0 Å². The molecule has 5 nitrogen and oxygen atoms in total. The molecule has 0 unspecified atom stereocenters. The second-order valence-corrected chi connectivity index (χ2v) is 6.72. The number of carbonyl (C=O) groups excluding carboxylic acids is 2. The Morgan fingerprint density at radius 3 is 2.42 bits per heavy atom. The first-order chi connectivity index (χ1) is 11.7. The maximum Gasteiger partial charge on any atom is 0.227 e. The van der Waals surface area contributed by atoms with E-state index in [1.54, 1.807) is 7.11 Å². The lowest BCUT2D eigenvalue weighted by molar-refractivity contribution is -0.141. The predicted molar refractivity (Wildman–Crippen MR) is 91.8 cm³/mol. The number of rotatable bonds is 4. The molecule has 0 spiro atoms. The molecule has 1 saturated carbocycles. The lowest BCUT2D eigenvalue weighted by Gasteiger charge is -2.36. The molecule has 0 N–H and O–H groups in total. The van der Waals surface area contributed by atoms with Crippen LogP contribution in [0, 0.1) is 5.92 Å². The second-order valence-electron chi connectivity index (χ2n) is 6.72. The summed E-state index contributed by atoms with van der Waals surface area (Å²) in [5.41, 5.74) is 0.962. The van der Waals surface area contributed by atoms with Crippen LogP contribution in [0.5, 0.6) is 5.75 Å². The van der Waals surface area contributed by atoms with Gasteiger partial charge in [-0.3, -0.25) is 9.59 Å². The summed E-state index contributed by atoms with van der Waals surface area (Å²) in [6.45, 7) is 2.61. The Labute approximate surface area is 143 Å². The molecule has 0 radical (unpaired) electrons. The van der Waals surface area contributed by atoms with E-state index in [1.807, 2.05) is 34.1 Å². The van der Waals surface area contributed by atoms with Crippen molar-refractivity contribution >= 4 is 11.8 Å². The number of hydrogen-bond donors (Lipinski definition) is 0. The molecule has 1 heterocycles. The molecular formula is C19H26N2O3. The van der Waals surface area contributed by atoms with Crippen LogP contribution in [0.2, 0.25) is 0 Å². The molecule has 3 rings (SSSR count). The Hall–Kier alpha value is -2.04. The average molecular weight is 330 g/mol. The molecule has 1 saturated heterocycles. The van der Waals surface area contributed by atoms with Crippen LogP contribution in [0.3, 0.4) is 0 Å². The van der Waals surface area contributed by atoms with E-state index in [0.29, 0.717) is 38.5 Å². The number of amides is 2. The largest absolute Gasteiger partial charge is 0.497 e. The van der Waals surface area contributed by atoms with Gasteiger partial charge in [-0.25, -0.2) is 0 Å². The maximum absolute atomic E-state index is 12.5. The number of nitrogens with zero attached hydrogens (tertiary/aromatic N) is 2. The van der Waals surface area contributed by atoms with E-state index < -0.39 is 0 Å². The Kier molecular flexibility index (Phi) is 5.38. The van der Waals surface area contributed by atoms with Crippen molar-refractivity contribution in [3.05, 3.63) is 29.8 Å². The fourth-order valence-electron chi connectivity index (χ4n) is 3.68. The smallest absolute Gasteiger partial charge is 0.227 e. The normalized spacial score (nSPS) is 18.7. The van der Waals surface area contributed by atoms with Crippen molar-refractivity contribution in [1.82, 2.24) is 9.80 Å². The molecular weight excluding hydrogens is 304 g/mol. The zero-order chi connectivity index (χ0) is 16.9. The SMILES string of the molecule is COc1cccc(CC(=O)N2CCN(C(=O)C3CCCC3)CC2)c1. The van der Waals surface area contributed by atoms with Gasteiger partial charge >= 0.3 is 0 Å². The first-order valence-corrected chi connectivity index (χ1v) is 8.87. The van der Waals surface area contributed by atoms with Crippen LogP contribution in [0.25, 0.3) is 0 Å². The van der Waals surface area contributed by atoms with Crippen LogP contribution < -0.4 is 4.74 Å². The number of piperazine rings is 1. The van der Waals surface area contributed by atoms with E-state index in [0.717, 1.165) is 24.2 Å². The van der Waals surface area contributed by atoms with E-state index in [9.17, 15) is 9.59 Å². The first kappa shape index (κ1) is 16.8. The van der Waals surface area contributed by atoms with Gasteiger partial charge in [0.2, 0.25) is 11.8 Å². The third-order valence-corrected chi connectivity index (χ3v) is 5.14. The molecule has 2 fully saturated rings. The molecule has 130 valence electrons. The van der Waals surface area contributed by atoms with Crippen LogP contribution >= 0.6 is 0 Å². The zero-order valence-electron chi connectivity index (χ0n) is 14.4. The van der Waals surface area contributed by atoms with Crippen LogP contribution in [0.1, 0.15) is 31.2 Å². The quantitative estimate of drug-likeness (QED) is 0.849. The van der Waals surface area contributed by atoms with Gasteiger partial charge < -0.3 is 14.5 Å². The van der Waals surface area contributed by atoms with E-state index in [2.05, 4.69) is 0 Å². The van der Waals surface area contributed by atoms with Crippen LogP contribution in [-0.4, -0.2) is 54.9 Å². The fourth-order valence-corrected chi connectivity index (χ4v) is 3.68. The van der Waals surface area contributed by atoms with E-state index in [-0.39, 0.29) is 11.8 Å². The van der Waals surface area contributed by atoms with Crippen molar-refractivity contribution in [2.24, 2.45) is 5.92 Å². The summed E-state index contributed by atoms with van der Waals surface area (Å²) in [6, 6.07) is 7.62. The summed E-state index contributed by atoms with van der Waals surface area (Å²) in [5.74, 6) is 1.42. The molecule has 1 aromatic rings. The minimum Gasteiger partial charge on any atom is -0.497 e. The summed E-state index contributed by atoms with van der Waals surface area (Å²) < 4.78 is 5.20. The molecule has 0 aromatic heterocycles. The molecule has 1 aromatic carbocycles. The van der Waals surface area contributed by atoms with Gasteiger partial charge in [0.25, 0.3) is 0 Å². The number of carbonyl (C=O) groups is 2. The highest BCUT2D eigenvalue weighted by atomic mass is 16.5. The Bertz CT molecular complexity index is 588. The summed E-state index contributed by atoms with van der Waals surface area (Å²) in [6.07, 6.45) is 4.81. The molecule has 24 heavy (non-hydrogen) atoms. The maximum atomic E-state index is 12.5. The van der Waals surface area contributed by atoms with Crippen molar-refractivity contribution in [3.8, 4) is 5.75 Å². The molecule has 2 amide bonds. The van der Waals surface area contributed by atoms with Gasteiger partial charge in [0.05, 0.1) is 13.5 Å². The van der Waals surface area contributed by atoms with Crippen molar-refractivity contribution in [2.75, 3.05) is 33.3 Å². The third-order valence-electron chi connectivity index (χ3n) is 5.14. The molecule has 0 bridgehead atoms. The van der Waals surface area contributed by atoms with Gasteiger partial charge in [0.15, 0.2) is 0 Å². The average Bonchev–Trinajstić information content (AvgIpc) is 3.16. The predicted octanol–water partition coefficient (Wildman–Crippen LogP) is 2.10. The zero-order valence-corrected chi connectivity index (χ0v) is 14.4. The van der Waals surface area contributed by atoms with Gasteiger partial charge in [-0.1, -0.05) is 25.0 Å². The number of methoxy groups -OCH3 is 1. The lowest BCUT2D eigenvalue weighted by Crippen LogP contribution is -2.52. The highest BCUT2D eigenvalue weighted by molar-refractivity contribution is 5.81. The topological polar surface area (TPSA) is 49.9 Å². The molecule has 1 aliphatic carbocycles. The van der Waals surface area contributed by atoms with E-state index in [4.69, 9.17) is 4.74 Å². The summed E-state index contributed by atoms with van der Waals surface area (Å²) in [7, 11) is 1.63. The monoisotopic (exact) mass is 330 g/mol. The minimum absolute atomic E-state index is 0.121.